The molecule has 0 radical (unpaired) electrons. The third-order valence-electron chi connectivity index (χ3n) is 4.36. The molecule has 0 aliphatic carbocycles. The van der Waals surface area contributed by atoms with Crippen molar-refractivity contribution < 1.29 is 9.90 Å². The predicted octanol–water partition coefficient (Wildman–Crippen LogP) is 2.16. The standard InChI is InChI=1S/C18H22N4O2/c1-11-5-6-15-14(7-11)12(2)16(21-15)17(23)19-10-18(3,24)13-8-20-22(4)9-13/h5-9,21,24H,10H2,1-4H3,(H,19,23). The van der Waals surface area contributed by atoms with Crippen molar-refractivity contribution in [2.24, 2.45) is 7.05 Å². The second-order valence-electron chi connectivity index (χ2n) is 6.53. The van der Waals surface area contributed by atoms with Crippen LogP contribution in [0.15, 0.2) is 30.6 Å². The predicted molar refractivity (Wildman–Crippen MR) is 92.9 cm³/mol. The van der Waals surface area contributed by atoms with Crippen LogP contribution in [0.1, 0.15) is 34.1 Å². The van der Waals surface area contributed by atoms with Crippen LogP contribution in [0.2, 0.25) is 0 Å². The molecule has 0 spiro atoms. The number of rotatable bonds is 4. The SMILES string of the molecule is Cc1ccc2[nH]c(C(=O)NCC(C)(O)c3cnn(C)c3)c(C)c2c1. The van der Waals surface area contributed by atoms with Gasteiger partial charge < -0.3 is 15.4 Å². The number of aromatic nitrogens is 3. The van der Waals surface area contributed by atoms with E-state index in [2.05, 4.69) is 21.5 Å². The number of carbonyl (C=O) groups excluding carboxylic acids is 1. The molecule has 2 aromatic heterocycles. The average Bonchev–Trinajstić information content (AvgIpc) is 3.10. The van der Waals surface area contributed by atoms with Crippen LogP contribution in [-0.4, -0.2) is 32.3 Å². The topological polar surface area (TPSA) is 82.9 Å². The number of nitrogens with zero attached hydrogens (tertiary/aromatic N) is 2. The zero-order chi connectivity index (χ0) is 17.5. The van der Waals surface area contributed by atoms with Gasteiger partial charge in [0.15, 0.2) is 0 Å². The first-order valence-electron chi connectivity index (χ1n) is 7.86. The largest absolute Gasteiger partial charge is 0.383 e. The molecule has 126 valence electrons. The smallest absolute Gasteiger partial charge is 0.268 e. The summed E-state index contributed by atoms with van der Waals surface area (Å²) in [5.41, 5.74) is 3.00. The maximum atomic E-state index is 12.5. The fraction of sp³-hybridized carbons (Fsp3) is 0.333. The summed E-state index contributed by atoms with van der Waals surface area (Å²) < 4.78 is 1.62. The van der Waals surface area contributed by atoms with E-state index < -0.39 is 5.60 Å². The summed E-state index contributed by atoms with van der Waals surface area (Å²) in [6, 6.07) is 6.04. The Hall–Kier alpha value is -2.60. The van der Waals surface area contributed by atoms with Gasteiger partial charge >= 0.3 is 0 Å². The summed E-state index contributed by atoms with van der Waals surface area (Å²) in [4.78, 5) is 15.7. The lowest BCUT2D eigenvalue weighted by molar-refractivity contribution is 0.0524. The van der Waals surface area contributed by atoms with E-state index in [4.69, 9.17) is 0 Å². The first-order chi connectivity index (χ1) is 11.3. The molecule has 3 rings (SSSR count). The minimum atomic E-state index is -1.18. The van der Waals surface area contributed by atoms with Crippen molar-refractivity contribution in [2.75, 3.05) is 6.54 Å². The van der Waals surface area contributed by atoms with Gasteiger partial charge in [0.05, 0.1) is 12.7 Å². The second-order valence-corrected chi connectivity index (χ2v) is 6.53. The Labute approximate surface area is 140 Å². The lowest BCUT2D eigenvalue weighted by atomic mass is 9.99. The number of fused-ring (bicyclic) bond motifs is 1. The molecule has 1 aromatic carbocycles. The molecule has 0 bridgehead atoms. The Morgan fingerprint density at radius 2 is 2.17 bits per heavy atom. The molecule has 0 saturated carbocycles. The molecule has 6 nitrogen and oxygen atoms in total. The van der Waals surface area contributed by atoms with Crippen molar-refractivity contribution in [3.63, 3.8) is 0 Å². The zero-order valence-electron chi connectivity index (χ0n) is 14.3. The molecular formula is C18H22N4O2. The van der Waals surface area contributed by atoms with E-state index in [1.807, 2.05) is 26.0 Å². The van der Waals surface area contributed by atoms with Crippen LogP contribution in [0.4, 0.5) is 0 Å². The Bertz CT molecular complexity index is 905. The van der Waals surface area contributed by atoms with Crippen LogP contribution >= 0.6 is 0 Å². The molecule has 1 atom stereocenters. The van der Waals surface area contributed by atoms with Crippen LogP contribution in [0, 0.1) is 13.8 Å². The van der Waals surface area contributed by atoms with E-state index in [-0.39, 0.29) is 12.5 Å². The van der Waals surface area contributed by atoms with Crippen molar-refractivity contribution in [3.8, 4) is 0 Å². The zero-order valence-corrected chi connectivity index (χ0v) is 14.3. The lowest BCUT2D eigenvalue weighted by Crippen LogP contribution is -2.38. The number of carbonyl (C=O) groups is 1. The molecule has 0 aliphatic heterocycles. The van der Waals surface area contributed by atoms with Gasteiger partial charge in [-0.25, -0.2) is 0 Å². The highest BCUT2D eigenvalue weighted by molar-refractivity contribution is 6.01. The molecular weight excluding hydrogens is 304 g/mol. The van der Waals surface area contributed by atoms with Crippen molar-refractivity contribution in [1.82, 2.24) is 20.1 Å². The van der Waals surface area contributed by atoms with Gasteiger partial charge in [0, 0.05) is 29.7 Å². The number of aryl methyl sites for hydroxylation is 3. The van der Waals surface area contributed by atoms with Crippen LogP contribution in [-0.2, 0) is 12.6 Å². The summed E-state index contributed by atoms with van der Waals surface area (Å²) in [6.45, 7) is 5.71. The van der Waals surface area contributed by atoms with Gasteiger partial charge in [-0.15, -0.1) is 0 Å². The van der Waals surface area contributed by atoms with Gasteiger partial charge in [-0.2, -0.15) is 5.10 Å². The normalized spacial score (nSPS) is 13.9. The van der Waals surface area contributed by atoms with Gasteiger partial charge in [0.2, 0.25) is 0 Å². The van der Waals surface area contributed by atoms with E-state index >= 15 is 0 Å². The molecule has 3 aromatic rings. The minimum Gasteiger partial charge on any atom is -0.383 e. The quantitative estimate of drug-likeness (QED) is 0.687. The number of hydrogen-bond donors (Lipinski definition) is 3. The average molecular weight is 326 g/mol. The molecule has 0 aliphatic rings. The van der Waals surface area contributed by atoms with Gasteiger partial charge in [-0.05, 0) is 38.5 Å². The minimum absolute atomic E-state index is 0.103. The van der Waals surface area contributed by atoms with Crippen LogP contribution in [0.3, 0.4) is 0 Å². The van der Waals surface area contributed by atoms with Crippen molar-refractivity contribution in [3.05, 3.63) is 53.0 Å². The Morgan fingerprint density at radius 3 is 2.83 bits per heavy atom. The van der Waals surface area contributed by atoms with Gasteiger partial charge in [0.25, 0.3) is 5.91 Å². The number of H-pyrrole nitrogens is 1. The van der Waals surface area contributed by atoms with Crippen molar-refractivity contribution in [1.29, 1.82) is 0 Å². The van der Waals surface area contributed by atoms with Crippen molar-refractivity contribution in [2.45, 2.75) is 26.4 Å². The van der Waals surface area contributed by atoms with Crippen LogP contribution < -0.4 is 5.32 Å². The van der Waals surface area contributed by atoms with Crippen LogP contribution in [0.5, 0.6) is 0 Å². The fourth-order valence-electron chi connectivity index (χ4n) is 2.81. The number of benzene rings is 1. The van der Waals surface area contributed by atoms with Gasteiger partial charge in [0.1, 0.15) is 11.3 Å². The highest BCUT2D eigenvalue weighted by atomic mass is 16.3. The summed E-state index contributed by atoms with van der Waals surface area (Å²) in [7, 11) is 1.79. The molecule has 1 amide bonds. The molecule has 24 heavy (non-hydrogen) atoms. The number of aliphatic hydroxyl groups is 1. The highest BCUT2D eigenvalue weighted by Gasteiger charge is 2.26. The molecule has 2 heterocycles. The third kappa shape index (κ3) is 2.92. The molecule has 6 heteroatoms. The monoisotopic (exact) mass is 326 g/mol. The Morgan fingerprint density at radius 1 is 1.42 bits per heavy atom. The van der Waals surface area contributed by atoms with Gasteiger partial charge in [-0.1, -0.05) is 11.6 Å². The summed E-state index contributed by atoms with van der Waals surface area (Å²) in [6.07, 6.45) is 3.34. The van der Waals surface area contributed by atoms with E-state index in [1.54, 1.807) is 31.0 Å². The summed E-state index contributed by atoms with van der Waals surface area (Å²) in [5.74, 6) is -0.231. The third-order valence-corrected chi connectivity index (χ3v) is 4.36. The van der Waals surface area contributed by atoms with E-state index in [9.17, 15) is 9.90 Å². The Kier molecular flexibility index (Phi) is 3.93. The number of nitrogens with one attached hydrogen (secondary N) is 2. The van der Waals surface area contributed by atoms with E-state index in [0.717, 1.165) is 22.0 Å². The Balaban J connectivity index is 1.79. The number of aromatic amines is 1. The van der Waals surface area contributed by atoms with E-state index in [1.165, 1.54) is 0 Å². The second kappa shape index (κ2) is 5.79. The van der Waals surface area contributed by atoms with Crippen molar-refractivity contribution >= 4 is 16.8 Å². The highest BCUT2D eigenvalue weighted by Crippen LogP contribution is 2.23. The number of amides is 1. The van der Waals surface area contributed by atoms with Crippen LogP contribution in [0.25, 0.3) is 10.9 Å². The first kappa shape index (κ1) is 16.3. The molecule has 0 fully saturated rings. The van der Waals surface area contributed by atoms with E-state index in [0.29, 0.717) is 11.3 Å². The first-order valence-corrected chi connectivity index (χ1v) is 7.86. The van der Waals surface area contributed by atoms with Gasteiger partial charge in [-0.3, -0.25) is 9.48 Å². The molecule has 0 saturated heterocycles. The summed E-state index contributed by atoms with van der Waals surface area (Å²) in [5, 5.41) is 18.5. The maximum Gasteiger partial charge on any atom is 0.268 e. The summed E-state index contributed by atoms with van der Waals surface area (Å²) >= 11 is 0. The molecule has 3 N–H and O–H groups in total. The number of hydrogen-bond acceptors (Lipinski definition) is 3. The lowest BCUT2D eigenvalue weighted by Gasteiger charge is -2.22. The fourth-order valence-corrected chi connectivity index (χ4v) is 2.81. The maximum absolute atomic E-state index is 12.5. The molecule has 1 unspecified atom stereocenters.